The molecule has 2 N–H and O–H groups in total. The summed E-state index contributed by atoms with van der Waals surface area (Å²) in [4.78, 5) is 10.5. The lowest BCUT2D eigenvalue weighted by molar-refractivity contribution is -0.137. The van der Waals surface area contributed by atoms with Crippen molar-refractivity contribution in [3.05, 3.63) is 54.1 Å². The lowest BCUT2D eigenvalue weighted by Gasteiger charge is -2.12. The Morgan fingerprint density at radius 3 is 2.25 bits per heavy atom. The molecular formula is C15H13F3N2O3S. The van der Waals surface area contributed by atoms with Crippen LogP contribution in [0, 0.1) is 0 Å². The van der Waals surface area contributed by atoms with Crippen molar-refractivity contribution in [2.45, 2.75) is 18.0 Å². The molecule has 0 unspecified atom stereocenters. The molecule has 2 aromatic rings. The van der Waals surface area contributed by atoms with E-state index in [1.165, 1.54) is 25.1 Å². The normalized spacial score (nSPS) is 11.8. The first-order valence-corrected chi connectivity index (χ1v) is 8.14. The van der Waals surface area contributed by atoms with Gasteiger partial charge in [-0.3, -0.25) is 9.52 Å². The number of benzene rings is 2. The molecule has 0 fully saturated rings. The number of amides is 1. The topological polar surface area (TPSA) is 75.3 Å². The number of alkyl halides is 3. The molecule has 0 radical (unpaired) electrons. The van der Waals surface area contributed by atoms with Crippen LogP contribution in [0.25, 0.3) is 0 Å². The molecule has 0 bridgehead atoms. The van der Waals surface area contributed by atoms with E-state index >= 15 is 0 Å². The minimum atomic E-state index is -4.64. The van der Waals surface area contributed by atoms with Gasteiger partial charge in [0.2, 0.25) is 5.91 Å². The summed E-state index contributed by atoms with van der Waals surface area (Å²) >= 11 is 0. The smallest absolute Gasteiger partial charge is 0.326 e. The van der Waals surface area contributed by atoms with E-state index in [0.717, 1.165) is 18.2 Å². The SMILES string of the molecule is CC(=O)Nc1cccc(NS(=O)(=O)c2cccc(C(F)(F)F)c2)c1. The third kappa shape index (κ3) is 4.48. The Labute approximate surface area is 136 Å². The average Bonchev–Trinajstić information content (AvgIpc) is 2.45. The Kier molecular flexibility index (Phi) is 4.83. The predicted octanol–water partition coefficient (Wildman–Crippen LogP) is 3.46. The van der Waals surface area contributed by atoms with E-state index in [4.69, 9.17) is 0 Å². The fourth-order valence-corrected chi connectivity index (χ4v) is 3.01. The van der Waals surface area contributed by atoms with Crippen LogP contribution in [0.5, 0.6) is 0 Å². The standard InChI is InChI=1S/C15H13F3N2O3S/c1-10(21)19-12-5-3-6-13(9-12)20-24(22,23)14-7-2-4-11(8-14)15(16,17)18/h2-9,20H,1H3,(H,19,21). The summed E-state index contributed by atoms with van der Waals surface area (Å²) in [6.07, 6.45) is -4.64. The number of hydrogen-bond acceptors (Lipinski definition) is 3. The molecule has 0 atom stereocenters. The number of carbonyl (C=O) groups is 1. The molecule has 0 spiro atoms. The van der Waals surface area contributed by atoms with Gasteiger partial charge < -0.3 is 5.32 Å². The van der Waals surface area contributed by atoms with Gasteiger partial charge in [-0.25, -0.2) is 8.42 Å². The van der Waals surface area contributed by atoms with Crippen LogP contribution in [0.2, 0.25) is 0 Å². The number of nitrogens with one attached hydrogen (secondary N) is 2. The van der Waals surface area contributed by atoms with Crippen LogP contribution in [0.15, 0.2) is 53.4 Å². The van der Waals surface area contributed by atoms with Gasteiger partial charge in [-0.15, -0.1) is 0 Å². The third-order valence-corrected chi connectivity index (χ3v) is 4.29. The first-order chi connectivity index (χ1) is 11.1. The maximum absolute atomic E-state index is 12.7. The zero-order valence-corrected chi connectivity index (χ0v) is 13.2. The van der Waals surface area contributed by atoms with Crippen LogP contribution < -0.4 is 10.0 Å². The lowest BCUT2D eigenvalue weighted by atomic mass is 10.2. The number of hydrogen-bond donors (Lipinski definition) is 2. The van der Waals surface area contributed by atoms with Crippen molar-refractivity contribution in [1.29, 1.82) is 0 Å². The van der Waals surface area contributed by atoms with Crippen molar-refractivity contribution in [2.75, 3.05) is 10.0 Å². The van der Waals surface area contributed by atoms with E-state index in [1.807, 2.05) is 0 Å². The molecule has 128 valence electrons. The molecule has 0 aliphatic carbocycles. The Bertz CT molecular complexity index is 864. The Morgan fingerprint density at radius 1 is 1.00 bits per heavy atom. The molecule has 2 aromatic carbocycles. The van der Waals surface area contributed by atoms with Gasteiger partial charge in [-0.1, -0.05) is 12.1 Å². The molecule has 0 aliphatic heterocycles. The van der Waals surface area contributed by atoms with Crippen LogP contribution >= 0.6 is 0 Å². The largest absolute Gasteiger partial charge is 0.416 e. The molecule has 24 heavy (non-hydrogen) atoms. The van der Waals surface area contributed by atoms with Crippen molar-refractivity contribution in [3.8, 4) is 0 Å². The van der Waals surface area contributed by atoms with Gasteiger partial charge >= 0.3 is 6.18 Å². The first-order valence-electron chi connectivity index (χ1n) is 6.66. The van der Waals surface area contributed by atoms with Gasteiger partial charge in [0.15, 0.2) is 0 Å². The zero-order valence-electron chi connectivity index (χ0n) is 12.4. The maximum atomic E-state index is 12.7. The lowest BCUT2D eigenvalue weighted by Crippen LogP contribution is -2.15. The highest BCUT2D eigenvalue weighted by atomic mass is 32.2. The van der Waals surface area contributed by atoms with E-state index in [1.54, 1.807) is 6.07 Å². The van der Waals surface area contributed by atoms with E-state index in [2.05, 4.69) is 10.0 Å². The molecule has 0 saturated heterocycles. The van der Waals surface area contributed by atoms with Crippen molar-refractivity contribution in [1.82, 2.24) is 0 Å². The molecule has 2 rings (SSSR count). The number of anilines is 2. The molecule has 5 nitrogen and oxygen atoms in total. The summed E-state index contributed by atoms with van der Waals surface area (Å²) < 4.78 is 64.8. The number of carbonyl (C=O) groups excluding carboxylic acids is 1. The van der Waals surface area contributed by atoms with Crippen LogP contribution in [-0.4, -0.2) is 14.3 Å². The van der Waals surface area contributed by atoms with Gasteiger partial charge in [0.05, 0.1) is 16.1 Å². The fraction of sp³-hybridized carbons (Fsp3) is 0.133. The number of rotatable bonds is 4. The van der Waals surface area contributed by atoms with Crippen molar-refractivity contribution < 1.29 is 26.4 Å². The Hall–Kier alpha value is -2.55. The second-order valence-electron chi connectivity index (χ2n) is 4.89. The summed E-state index contributed by atoms with van der Waals surface area (Å²) in [5.74, 6) is -0.340. The highest BCUT2D eigenvalue weighted by Crippen LogP contribution is 2.31. The highest BCUT2D eigenvalue weighted by molar-refractivity contribution is 7.92. The minimum Gasteiger partial charge on any atom is -0.326 e. The van der Waals surface area contributed by atoms with Gasteiger partial charge in [0, 0.05) is 12.6 Å². The summed E-state index contributed by atoms with van der Waals surface area (Å²) in [7, 11) is -4.20. The van der Waals surface area contributed by atoms with Crippen LogP contribution in [-0.2, 0) is 21.0 Å². The average molecular weight is 358 g/mol. The fourth-order valence-electron chi connectivity index (χ4n) is 1.92. The quantitative estimate of drug-likeness (QED) is 0.879. The van der Waals surface area contributed by atoms with E-state index in [-0.39, 0.29) is 11.6 Å². The summed E-state index contributed by atoms with van der Waals surface area (Å²) in [5.41, 5.74) is -0.595. The van der Waals surface area contributed by atoms with Gasteiger partial charge in [-0.2, -0.15) is 13.2 Å². The summed E-state index contributed by atoms with van der Waals surface area (Å²) in [6.45, 7) is 1.29. The van der Waals surface area contributed by atoms with Crippen LogP contribution in [0.1, 0.15) is 12.5 Å². The number of halogens is 3. The van der Waals surface area contributed by atoms with Gasteiger partial charge in [0.1, 0.15) is 0 Å². The maximum Gasteiger partial charge on any atom is 0.416 e. The summed E-state index contributed by atoms with van der Waals surface area (Å²) in [5, 5.41) is 2.48. The van der Waals surface area contributed by atoms with Crippen molar-refractivity contribution in [3.63, 3.8) is 0 Å². The molecular weight excluding hydrogens is 345 g/mol. The Morgan fingerprint density at radius 2 is 1.62 bits per heavy atom. The zero-order chi connectivity index (χ0) is 18.0. The van der Waals surface area contributed by atoms with Crippen LogP contribution in [0.4, 0.5) is 24.5 Å². The molecule has 0 aliphatic rings. The van der Waals surface area contributed by atoms with E-state index in [0.29, 0.717) is 11.8 Å². The molecule has 1 amide bonds. The van der Waals surface area contributed by atoms with E-state index in [9.17, 15) is 26.4 Å². The second-order valence-corrected chi connectivity index (χ2v) is 6.58. The highest BCUT2D eigenvalue weighted by Gasteiger charge is 2.31. The first kappa shape index (κ1) is 17.8. The molecule has 0 saturated carbocycles. The van der Waals surface area contributed by atoms with Gasteiger partial charge in [0.25, 0.3) is 10.0 Å². The molecule has 9 heteroatoms. The third-order valence-electron chi connectivity index (χ3n) is 2.91. The minimum absolute atomic E-state index is 0.110. The van der Waals surface area contributed by atoms with Crippen LogP contribution in [0.3, 0.4) is 0 Å². The van der Waals surface area contributed by atoms with Gasteiger partial charge in [-0.05, 0) is 36.4 Å². The second kappa shape index (κ2) is 6.52. The number of sulfonamides is 1. The molecule has 0 heterocycles. The monoisotopic (exact) mass is 358 g/mol. The van der Waals surface area contributed by atoms with Crippen molar-refractivity contribution in [2.24, 2.45) is 0 Å². The predicted molar refractivity (Wildman–Crippen MR) is 83.0 cm³/mol. The van der Waals surface area contributed by atoms with E-state index < -0.39 is 26.7 Å². The van der Waals surface area contributed by atoms with Crippen molar-refractivity contribution >= 4 is 27.3 Å². The summed E-state index contributed by atoms with van der Waals surface area (Å²) in [6, 6.07) is 9.23. The Balaban J connectivity index is 2.31. The molecule has 0 aromatic heterocycles.